The van der Waals surface area contributed by atoms with E-state index < -0.39 is 0 Å². The van der Waals surface area contributed by atoms with E-state index in [1.54, 1.807) is 0 Å². The molecule has 122 valence electrons. The molecular weight excluding hydrogens is 262 g/mol. The van der Waals surface area contributed by atoms with Crippen molar-refractivity contribution in [3.8, 4) is 0 Å². The first-order chi connectivity index (χ1) is 10.2. The number of hydrogen-bond donors (Lipinski definition) is 1. The van der Waals surface area contributed by atoms with Gasteiger partial charge >= 0.3 is 0 Å². The Labute approximate surface area is 130 Å². The molecule has 0 atom stereocenters. The Morgan fingerprint density at radius 1 is 1.10 bits per heavy atom. The van der Waals surface area contributed by atoms with Gasteiger partial charge in [0.2, 0.25) is 5.91 Å². The number of nitrogens with one attached hydrogen (secondary N) is 1. The lowest BCUT2D eigenvalue weighted by molar-refractivity contribution is -0.130. The molecule has 0 unspecified atom stereocenters. The van der Waals surface area contributed by atoms with Crippen LogP contribution in [0.2, 0.25) is 0 Å². The van der Waals surface area contributed by atoms with Crippen molar-refractivity contribution in [1.29, 1.82) is 0 Å². The van der Waals surface area contributed by atoms with Gasteiger partial charge in [-0.3, -0.25) is 4.79 Å². The summed E-state index contributed by atoms with van der Waals surface area (Å²) in [6, 6.07) is 1.34. The standard InChI is InChI=1S/C17H33N3O/c1-3-20(16-10-11-16)17(21)14-18-12-7-13-19(2)15-8-5-4-6-9-15/h15-16,18H,3-14H2,1-2H3. The van der Waals surface area contributed by atoms with Gasteiger partial charge in [-0.05, 0) is 59.2 Å². The van der Waals surface area contributed by atoms with E-state index in [-0.39, 0.29) is 5.91 Å². The Bertz CT molecular complexity index is 311. The zero-order valence-electron chi connectivity index (χ0n) is 13.9. The molecule has 0 saturated heterocycles. The highest BCUT2D eigenvalue weighted by Gasteiger charge is 2.30. The highest BCUT2D eigenvalue weighted by molar-refractivity contribution is 5.78. The van der Waals surface area contributed by atoms with Gasteiger partial charge in [0, 0.05) is 18.6 Å². The van der Waals surface area contributed by atoms with Crippen LogP contribution in [0.1, 0.15) is 58.3 Å². The maximum absolute atomic E-state index is 12.1. The van der Waals surface area contributed by atoms with Crippen molar-refractivity contribution in [1.82, 2.24) is 15.1 Å². The number of carbonyl (C=O) groups excluding carboxylic acids is 1. The van der Waals surface area contributed by atoms with Crippen LogP contribution < -0.4 is 5.32 Å². The monoisotopic (exact) mass is 295 g/mol. The molecule has 0 aliphatic heterocycles. The lowest BCUT2D eigenvalue weighted by Crippen LogP contribution is -2.40. The Morgan fingerprint density at radius 3 is 2.43 bits per heavy atom. The van der Waals surface area contributed by atoms with Crippen LogP contribution in [0.3, 0.4) is 0 Å². The van der Waals surface area contributed by atoms with Crippen molar-refractivity contribution in [3.05, 3.63) is 0 Å². The molecule has 0 radical (unpaired) electrons. The van der Waals surface area contributed by atoms with Gasteiger partial charge in [0.25, 0.3) is 0 Å². The molecule has 0 aromatic carbocycles. The van der Waals surface area contributed by atoms with Gasteiger partial charge in [-0.25, -0.2) is 0 Å². The number of nitrogens with zero attached hydrogens (tertiary/aromatic N) is 2. The summed E-state index contributed by atoms with van der Waals surface area (Å²) in [5.41, 5.74) is 0. The molecule has 21 heavy (non-hydrogen) atoms. The average molecular weight is 295 g/mol. The van der Waals surface area contributed by atoms with Crippen LogP contribution in [0.25, 0.3) is 0 Å². The summed E-state index contributed by atoms with van der Waals surface area (Å²) in [5, 5.41) is 3.32. The molecule has 2 rings (SSSR count). The average Bonchev–Trinajstić information content (AvgIpc) is 3.33. The molecule has 4 heteroatoms. The van der Waals surface area contributed by atoms with E-state index >= 15 is 0 Å². The van der Waals surface area contributed by atoms with E-state index in [1.807, 2.05) is 4.90 Å². The third-order valence-corrected chi connectivity index (χ3v) is 4.99. The van der Waals surface area contributed by atoms with Crippen LogP contribution in [0, 0.1) is 0 Å². The predicted molar refractivity (Wildman–Crippen MR) is 87.4 cm³/mol. The summed E-state index contributed by atoms with van der Waals surface area (Å²) in [5.74, 6) is 0.278. The number of hydrogen-bond acceptors (Lipinski definition) is 3. The molecule has 0 aromatic heterocycles. The molecule has 2 fully saturated rings. The van der Waals surface area contributed by atoms with Gasteiger partial charge in [-0.15, -0.1) is 0 Å². The molecule has 1 N–H and O–H groups in total. The number of carbonyl (C=O) groups is 1. The van der Waals surface area contributed by atoms with Crippen LogP contribution in [0.4, 0.5) is 0 Å². The zero-order valence-corrected chi connectivity index (χ0v) is 13.9. The maximum Gasteiger partial charge on any atom is 0.236 e. The fourth-order valence-electron chi connectivity index (χ4n) is 3.48. The maximum atomic E-state index is 12.1. The lowest BCUT2D eigenvalue weighted by atomic mass is 9.94. The van der Waals surface area contributed by atoms with Gasteiger partial charge < -0.3 is 15.1 Å². The fourth-order valence-corrected chi connectivity index (χ4v) is 3.48. The molecule has 4 nitrogen and oxygen atoms in total. The molecule has 2 saturated carbocycles. The molecule has 0 bridgehead atoms. The minimum Gasteiger partial charge on any atom is -0.339 e. The van der Waals surface area contributed by atoms with Crippen molar-refractivity contribution < 1.29 is 4.79 Å². The van der Waals surface area contributed by atoms with Crippen molar-refractivity contribution in [2.45, 2.75) is 70.4 Å². The largest absolute Gasteiger partial charge is 0.339 e. The highest BCUT2D eigenvalue weighted by Crippen LogP contribution is 2.26. The summed E-state index contributed by atoms with van der Waals surface area (Å²) in [6.07, 6.45) is 10.5. The SMILES string of the molecule is CCN(C(=O)CNCCCN(C)C1CCCCC1)C1CC1. The molecule has 0 spiro atoms. The van der Waals surface area contributed by atoms with E-state index in [4.69, 9.17) is 0 Å². The van der Waals surface area contributed by atoms with Crippen molar-refractivity contribution >= 4 is 5.91 Å². The van der Waals surface area contributed by atoms with Crippen molar-refractivity contribution in [2.24, 2.45) is 0 Å². The third-order valence-electron chi connectivity index (χ3n) is 4.99. The minimum atomic E-state index is 0.278. The number of amides is 1. The van der Waals surface area contributed by atoms with Crippen molar-refractivity contribution in [2.75, 3.05) is 33.2 Å². The van der Waals surface area contributed by atoms with Gasteiger partial charge in [-0.1, -0.05) is 19.3 Å². The van der Waals surface area contributed by atoms with Gasteiger partial charge in [0.15, 0.2) is 0 Å². The summed E-state index contributed by atoms with van der Waals surface area (Å²) in [4.78, 5) is 16.6. The topological polar surface area (TPSA) is 35.6 Å². The van der Waals surface area contributed by atoms with Crippen LogP contribution in [-0.2, 0) is 4.79 Å². The Morgan fingerprint density at radius 2 is 1.81 bits per heavy atom. The second-order valence-corrected chi connectivity index (χ2v) is 6.71. The number of likely N-dealkylation sites (N-methyl/N-ethyl adjacent to an activating group) is 1. The molecule has 0 heterocycles. The van der Waals surface area contributed by atoms with E-state index in [9.17, 15) is 4.79 Å². The van der Waals surface area contributed by atoms with Crippen molar-refractivity contribution in [3.63, 3.8) is 0 Å². The fraction of sp³-hybridized carbons (Fsp3) is 0.941. The predicted octanol–water partition coefficient (Wildman–Crippen LogP) is 2.24. The van der Waals surface area contributed by atoms with E-state index in [2.05, 4.69) is 24.2 Å². The normalized spacial score (nSPS) is 20.0. The molecule has 2 aliphatic carbocycles. The van der Waals surface area contributed by atoms with E-state index in [1.165, 1.54) is 44.9 Å². The van der Waals surface area contributed by atoms with Gasteiger partial charge in [-0.2, -0.15) is 0 Å². The Balaban J connectivity index is 1.51. The first kappa shape index (κ1) is 16.8. The Kier molecular flexibility index (Phi) is 6.97. The summed E-state index contributed by atoms with van der Waals surface area (Å²) in [7, 11) is 2.26. The molecule has 0 aromatic rings. The first-order valence-corrected chi connectivity index (χ1v) is 8.92. The molecular formula is C17H33N3O. The second kappa shape index (κ2) is 8.74. The van der Waals surface area contributed by atoms with E-state index in [0.717, 1.165) is 32.1 Å². The van der Waals surface area contributed by atoms with Gasteiger partial charge in [0.1, 0.15) is 0 Å². The van der Waals surface area contributed by atoms with E-state index in [0.29, 0.717) is 12.6 Å². The first-order valence-electron chi connectivity index (χ1n) is 8.92. The van der Waals surface area contributed by atoms with Crippen LogP contribution in [-0.4, -0.2) is 61.0 Å². The Hall–Kier alpha value is -0.610. The third kappa shape index (κ3) is 5.59. The smallest absolute Gasteiger partial charge is 0.236 e. The van der Waals surface area contributed by atoms with Gasteiger partial charge in [0.05, 0.1) is 6.54 Å². The summed E-state index contributed by atoms with van der Waals surface area (Å²) in [6.45, 7) is 5.54. The van der Waals surface area contributed by atoms with Crippen LogP contribution in [0.5, 0.6) is 0 Å². The summed E-state index contributed by atoms with van der Waals surface area (Å²) >= 11 is 0. The minimum absolute atomic E-state index is 0.278. The highest BCUT2D eigenvalue weighted by atomic mass is 16.2. The number of rotatable bonds is 9. The van der Waals surface area contributed by atoms with Crippen LogP contribution in [0.15, 0.2) is 0 Å². The second-order valence-electron chi connectivity index (χ2n) is 6.71. The summed E-state index contributed by atoms with van der Waals surface area (Å²) < 4.78 is 0. The molecule has 2 aliphatic rings. The quantitative estimate of drug-likeness (QED) is 0.663. The zero-order chi connectivity index (χ0) is 15.1. The molecule has 1 amide bonds. The lowest BCUT2D eigenvalue weighted by Gasteiger charge is -2.31. The van der Waals surface area contributed by atoms with Crippen LogP contribution >= 0.6 is 0 Å².